The molecule has 2 aromatic carbocycles. The van der Waals surface area contributed by atoms with Crippen LogP contribution >= 0.6 is 0 Å². The van der Waals surface area contributed by atoms with Crippen LogP contribution in [0.1, 0.15) is 45.6 Å². The first-order valence-electron chi connectivity index (χ1n) is 12.6. The fourth-order valence-electron chi connectivity index (χ4n) is 4.77. The fraction of sp³-hybridized carbons (Fsp3) is 0.483. The number of alkyl carbamates (subject to hydrolysis) is 1. The molecule has 1 N–H and O–H groups in total. The Morgan fingerprint density at radius 2 is 1.67 bits per heavy atom. The zero-order valence-corrected chi connectivity index (χ0v) is 22.0. The van der Waals surface area contributed by atoms with E-state index in [4.69, 9.17) is 9.47 Å². The van der Waals surface area contributed by atoms with Gasteiger partial charge in [0.1, 0.15) is 17.2 Å². The summed E-state index contributed by atoms with van der Waals surface area (Å²) >= 11 is 0. The number of likely N-dealkylation sites (tertiary alicyclic amines) is 1. The predicted octanol–water partition coefficient (Wildman–Crippen LogP) is 4.80. The zero-order valence-electron chi connectivity index (χ0n) is 22.0. The molecule has 0 saturated carbocycles. The van der Waals surface area contributed by atoms with E-state index in [0.29, 0.717) is 18.7 Å². The van der Waals surface area contributed by atoms with Gasteiger partial charge in [-0.3, -0.25) is 4.90 Å². The lowest BCUT2D eigenvalue weighted by atomic mass is 9.84. The summed E-state index contributed by atoms with van der Waals surface area (Å²) in [6.45, 7) is 8.86. The fourth-order valence-corrected chi connectivity index (χ4v) is 4.77. The summed E-state index contributed by atoms with van der Waals surface area (Å²) in [6, 6.07) is 20.4. The van der Waals surface area contributed by atoms with Crippen molar-refractivity contribution in [3.63, 3.8) is 0 Å². The lowest BCUT2D eigenvalue weighted by molar-refractivity contribution is 0.0527. The summed E-state index contributed by atoms with van der Waals surface area (Å²) < 4.78 is 11.1. The Morgan fingerprint density at radius 1 is 1.06 bits per heavy atom. The molecule has 3 rings (SSSR count). The van der Waals surface area contributed by atoms with Crippen LogP contribution in [0, 0.1) is 0 Å². The van der Waals surface area contributed by atoms with Crippen molar-refractivity contribution in [2.45, 2.75) is 57.7 Å². The Hall–Kier alpha value is -3.12. The van der Waals surface area contributed by atoms with E-state index >= 15 is 0 Å². The number of carbonyl (C=O) groups excluding carboxylic acids is 2. The van der Waals surface area contributed by atoms with Crippen LogP contribution in [0.25, 0.3) is 0 Å². The van der Waals surface area contributed by atoms with E-state index in [1.165, 1.54) is 5.56 Å². The van der Waals surface area contributed by atoms with Gasteiger partial charge in [-0.1, -0.05) is 48.5 Å². The van der Waals surface area contributed by atoms with Gasteiger partial charge in [0.15, 0.2) is 0 Å². The van der Waals surface area contributed by atoms with Crippen molar-refractivity contribution in [3.05, 3.63) is 71.9 Å². The molecule has 7 nitrogen and oxygen atoms in total. The van der Waals surface area contributed by atoms with Gasteiger partial charge in [-0.2, -0.15) is 0 Å². The molecule has 1 heterocycles. The van der Waals surface area contributed by atoms with Crippen molar-refractivity contribution in [1.82, 2.24) is 10.2 Å². The largest absolute Gasteiger partial charge is 0.444 e. The molecular formula is C29H39N3O4. The van der Waals surface area contributed by atoms with Crippen molar-refractivity contribution in [2.24, 2.45) is 0 Å². The Kier molecular flexibility index (Phi) is 9.71. The van der Waals surface area contributed by atoms with Crippen LogP contribution in [-0.4, -0.2) is 61.4 Å². The van der Waals surface area contributed by atoms with Crippen molar-refractivity contribution < 1.29 is 19.1 Å². The number of nitrogens with one attached hydrogen (secondary N) is 1. The number of amides is 1. The Balaban J connectivity index is 1.79. The minimum absolute atomic E-state index is 0.270. The van der Waals surface area contributed by atoms with Gasteiger partial charge in [-0.15, -0.1) is 0 Å². The molecular weight excluding hydrogens is 454 g/mol. The summed E-state index contributed by atoms with van der Waals surface area (Å²) in [7, 11) is 1.70. The van der Waals surface area contributed by atoms with Crippen molar-refractivity contribution in [1.29, 1.82) is 0 Å². The van der Waals surface area contributed by atoms with E-state index in [2.05, 4.69) is 45.3 Å². The van der Waals surface area contributed by atoms with Crippen LogP contribution in [0.5, 0.6) is 0 Å². The molecule has 194 valence electrons. The van der Waals surface area contributed by atoms with E-state index in [9.17, 15) is 9.59 Å². The molecule has 7 heteroatoms. The van der Waals surface area contributed by atoms with E-state index in [1.54, 1.807) is 7.11 Å². The van der Waals surface area contributed by atoms with Crippen LogP contribution in [0.3, 0.4) is 0 Å². The van der Waals surface area contributed by atoms with Crippen molar-refractivity contribution >= 4 is 17.7 Å². The Bertz CT molecular complexity index is 1010. The number of benzene rings is 2. The number of anilines is 1. The average Bonchev–Trinajstić information content (AvgIpc) is 2.85. The SMILES string of the molecule is COCC1(N(C(=C=O)CCNC(=O)OC(C)(C)C)c2ccccc2)CCN(Cc2ccccc2)CC1. The molecule has 0 aliphatic carbocycles. The normalized spacial score (nSPS) is 15.6. The summed E-state index contributed by atoms with van der Waals surface area (Å²) in [4.78, 5) is 29.0. The first-order chi connectivity index (χ1) is 17.3. The molecule has 0 bridgehead atoms. The lowest BCUT2D eigenvalue weighted by Gasteiger charge is -2.49. The van der Waals surface area contributed by atoms with Gasteiger partial charge in [0.2, 0.25) is 0 Å². The molecule has 1 fully saturated rings. The van der Waals surface area contributed by atoms with Gasteiger partial charge in [-0.25, -0.2) is 9.59 Å². The number of hydrogen-bond acceptors (Lipinski definition) is 6. The number of para-hydroxylation sites is 1. The molecule has 1 amide bonds. The van der Waals surface area contributed by atoms with Crippen LogP contribution in [0.4, 0.5) is 10.5 Å². The number of hydrogen-bond donors (Lipinski definition) is 1. The van der Waals surface area contributed by atoms with Gasteiger partial charge < -0.3 is 19.7 Å². The number of piperidine rings is 1. The predicted molar refractivity (Wildman–Crippen MR) is 143 cm³/mol. The summed E-state index contributed by atoms with van der Waals surface area (Å²) in [6.07, 6.45) is 1.48. The van der Waals surface area contributed by atoms with E-state index in [0.717, 1.165) is 38.2 Å². The van der Waals surface area contributed by atoms with E-state index in [-0.39, 0.29) is 6.54 Å². The van der Waals surface area contributed by atoms with Crippen molar-refractivity contribution in [3.8, 4) is 0 Å². The number of rotatable bonds is 10. The topological polar surface area (TPSA) is 71.1 Å². The maximum atomic E-state index is 12.3. The van der Waals surface area contributed by atoms with Crippen LogP contribution in [0.15, 0.2) is 66.4 Å². The Morgan fingerprint density at radius 3 is 2.22 bits per heavy atom. The Labute approximate surface area is 215 Å². The average molecular weight is 494 g/mol. The highest BCUT2D eigenvalue weighted by Crippen LogP contribution is 2.37. The lowest BCUT2D eigenvalue weighted by Crippen LogP contribution is -2.58. The van der Waals surface area contributed by atoms with Crippen LogP contribution in [-0.2, 0) is 20.8 Å². The molecule has 1 aliphatic rings. The zero-order chi connectivity index (χ0) is 26.0. The standard InChI is InChI=1S/C29H39N3O4/c1-28(2,3)36-27(34)30-18-15-26(22-33)32(25-13-9-6-10-14-25)29(23-35-4)16-19-31(20-17-29)21-24-11-7-5-8-12-24/h5-14H,15-21,23H2,1-4H3,(H,30,34). The van der Waals surface area contributed by atoms with E-state index in [1.807, 2.05) is 57.2 Å². The summed E-state index contributed by atoms with van der Waals surface area (Å²) in [5.74, 6) is 2.19. The number of nitrogens with zero attached hydrogens (tertiary/aromatic N) is 2. The summed E-state index contributed by atoms with van der Waals surface area (Å²) in [5, 5.41) is 2.77. The number of ether oxygens (including phenoxy) is 2. The highest BCUT2D eigenvalue weighted by atomic mass is 16.6. The van der Waals surface area contributed by atoms with Crippen LogP contribution < -0.4 is 10.2 Å². The highest BCUT2D eigenvalue weighted by Gasteiger charge is 2.42. The molecule has 0 spiro atoms. The molecule has 0 radical (unpaired) electrons. The first kappa shape index (κ1) is 27.5. The summed E-state index contributed by atoms with van der Waals surface area (Å²) in [5.41, 5.74) is 1.72. The second-order valence-corrected chi connectivity index (χ2v) is 10.3. The van der Waals surface area contributed by atoms with Crippen LogP contribution in [0.2, 0.25) is 0 Å². The van der Waals surface area contributed by atoms with Gasteiger partial charge in [0, 0.05) is 45.4 Å². The molecule has 1 aliphatic heterocycles. The van der Waals surface area contributed by atoms with Gasteiger partial charge in [0.25, 0.3) is 0 Å². The molecule has 36 heavy (non-hydrogen) atoms. The quantitative estimate of drug-likeness (QED) is 0.479. The van der Waals surface area contributed by atoms with Gasteiger partial charge in [-0.05, 0) is 51.3 Å². The maximum Gasteiger partial charge on any atom is 0.407 e. The molecule has 2 aromatic rings. The van der Waals surface area contributed by atoms with Gasteiger partial charge >= 0.3 is 6.09 Å². The third kappa shape index (κ3) is 7.69. The van der Waals surface area contributed by atoms with Gasteiger partial charge in [0.05, 0.1) is 12.1 Å². The third-order valence-electron chi connectivity index (χ3n) is 6.36. The second kappa shape index (κ2) is 12.7. The number of methoxy groups -OCH3 is 1. The monoisotopic (exact) mass is 493 g/mol. The number of carbonyl (C=O) groups is 1. The molecule has 0 unspecified atom stereocenters. The minimum Gasteiger partial charge on any atom is -0.444 e. The molecule has 1 saturated heterocycles. The second-order valence-electron chi connectivity index (χ2n) is 10.3. The van der Waals surface area contributed by atoms with E-state index < -0.39 is 17.2 Å². The maximum absolute atomic E-state index is 12.3. The smallest absolute Gasteiger partial charge is 0.407 e. The van der Waals surface area contributed by atoms with Crippen molar-refractivity contribution in [2.75, 3.05) is 38.3 Å². The molecule has 0 aromatic heterocycles. The minimum atomic E-state index is -0.584. The third-order valence-corrected chi connectivity index (χ3v) is 6.36. The molecule has 0 atom stereocenters. The highest BCUT2D eigenvalue weighted by molar-refractivity contribution is 5.69. The first-order valence-corrected chi connectivity index (χ1v) is 12.6.